The van der Waals surface area contributed by atoms with Crippen LogP contribution in [0.4, 0.5) is 23.8 Å². The number of methoxy groups -OCH3 is 1. The molecule has 2 amide bonds. The van der Waals surface area contributed by atoms with Gasteiger partial charge in [-0.25, -0.2) is 9.78 Å². The summed E-state index contributed by atoms with van der Waals surface area (Å²) in [5.74, 6) is 0.242. The van der Waals surface area contributed by atoms with Crippen LogP contribution in [0, 0.1) is 0 Å². The first-order valence-electron chi connectivity index (χ1n) is 10.3. The summed E-state index contributed by atoms with van der Waals surface area (Å²) in [5.41, 5.74) is 1.02. The standard InChI is InChI=1S/C22H23F3N4O3/c1-32-21(31)29-9-8-15-4-2-3-5-17(15)19(29)20(30)28-12-10-27(11-13-28)18-7-6-16(14-26-18)22(23,24)25/h2-7,14,19H,8-13H2,1H3/t19-/m0/s1. The number of anilines is 1. The third-order valence-electron chi connectivity index (χ3n) is 5.92. The Bertz CT molecular complexity index is 989. The number of nitrogens with zero attached hydrogens (tertiary/aromatic N) is 4. The maximum atomic E-state index is 13.5. The third kappa shape index (κ3) is 4.21. The molecular weight excluding hydrogens is 425 g/mol. The number of hydrogen-bond donors (Lipinski definition) is 0. The number of ether oxygens (including phenoxy) is 1. The van der Waals surface area contributed by atoms with E-state index in [9.17, 15) is 22.8 Å². The van der Waals surface area contributed by atoms with E-state index in [0.717, 1.165) is 23.4 Å². The van der Waals surface area contributed by atoms with Gasteiger partial charge in [0.1, 0.15) is 11.9 Å². The lowest BCUT2D eigenvalue weighted by atomic mass is 9.92. The molecule has 1 saturated heterocycles. The third-order valence-corrected chi connectivity index (χ3v) is 5.92. The number of amides is 2. The van der Waals surface area contributed by atoms with Crippen molar-refractivity contribution in [2.45, 2.75) is 18.6 Å². The number of carbonyl (C=O) groups is 2. The smallest absolute Gasteiger partial charge is 0.417 e. The SMILES string of the molecule is COC(=O)N1CCc2ccccc2[C@H]1C(=O)N1CCN(c2ccc(C(F)(F)F)cn2)CC1. The van der Waals surface area contributed by atoms with Gasteiger partial charge in [0.05, 0.1) is 12.7 Å². The Morgan fingerprint density at radius 2 is 1.75 bits per heavy atom. The molecule has 0 spiro atoms. The van der Waals surface area contributed by atoms with Crippen LogP contribution in [0.3, 0.4) is 0 Å². The first-order valence-corrected chi connectivity index (χ1v) is 10.3. The Hall–Kier alpha value is -3.30. The van der Waals surface area contributed by atoms with Gasteiger partial charge in [-0.3, -0.25) is 9.69 Å². The summed E-state index contributed by atoms with van der Waals surface area (Å²) < 4.78 is 43.2. The second-order valence-electron chi connectivity index (χ2n) is 7.73. The highest BCUT2D eigenvalue weighted by Gasteiger charge is 2.39. The van der Waals surface area contributed by atoms with Crippen LogP contribution in [0.5, 0.6) is 0 Å². The van der Waals surface area contributed by atoms with Crippen molar-refractivity contribution in [3.8, 4) is 0 Å². The first kappa shape index (κ1) is 21.9. The zero-order valence-electron chi connectivity index (χ0n) is 17.5. The number of aromatic nitrogens is 1. The Morgan fingerprint density at radius 3 is 2.38 bits per heavy atom. The van der Waals surface area contributed by atoms with E-state index in [0.29, 0.717) is 45.0 Å². The molecule has 1 aromatic carbocycles. The summed E-state index contributed by atoms with van der Waals surface area (Å²) in [6, 6.07) is 9.15. The monoisotopic (exact) mass is 448 g/mol. The number of rotatable bonds is 2. The predicted octanol–water partition coefficient (Wildman–Crippen LogP) is 3.11. The van der Waals surface area contributed by atoms with E-state index in [-0.39, 0.29) is 5.91 Å². The highest BCUT2D eigenvalue weighted by atomic mass is 19.4. The fraction of sp³-hybridized carbons (Fsp3) is 0.409. The first-order chi connectivity index (χ1) is 15.3. The lowest BCUT2D eigenvalue weighted by molar-refractivity contribution is -0.138. The lowest BCUT2D eigenvalue weighted by Gasteiger charge is -2.41. The molecular formula is C22H23F3N4O3. The molecule has 2 aromatic rings. The summed E-state index contributed by atoms with van der Waals surface area (Å²) in [6.45, 7) is 1.98. The van der Waals surface area contributed by atoms with Crippen LogP contribution in [0.25, 0.3) is 0 Å². The average Bonchev–Trinajstić information content (AvgIpc) is 2.82. The molecule has 0 bridgehead atoms. The van der Waals surface area contributed by atoms with Gasteiger partial charge in [0.2, 0.25) is 5.91 Å². The maximum absolute atomic E-state index is 13.5. The number of piperazine rings is 1. The van der Waals surface area contributed by atoms with E-state index in [1.807, 2.05) is 29.2 Å². The molecule has 0 unspecified atom stereocenters. The topological polar surface area (TPSA) is 66.0 Å². The number of benzene rings is 1. The second kappa shape index (κ2) is 8.68. The number of fused-ring (bicyclic) bond motifs is 1. The summed E-state index contributed by atoms with van der Waals surface area (Å²) in [7, 11) is 1.29. The van der Waals surface area contributed by atoms with Crippen LogP contribution in [0.15, 0.2) is 42.6 Å². The van der Waals surface area contributed by atoms with Crippen molar-refractivity contribution in [2.24, 2.45) is 0 Å². The Kier molecular flexibility index (Phi) is 5.94. The molecule has 1 fully saturated rings. The fourth-order valence-electron chi connectivity index (χ4n) is 4.22. The van der Waals surface area contributed by atoms with Crippen molar-refractivity contribution < 1.29 is 27.5 Å². The molecule has 0 aliphatic carbocycles. The van der Waals surface area contributed by atoms with E-state index in [1.54, 1.807) is 4.90 Å². The molecule has 2 aliphatic rings. The zero-order valence-corrected chi connectivity index (χ0v) is 17.5. The number of hydrogen-bond acceptors (Lipinski definition) is 5. The van der Waals surface area contributed by atoms with Gasteiger partial charge >= 0.3 is 12.3 Å². The number of pyridine rings is 1. The largest absolute Gasteiger partial charge is 0.453 e. The fourth-order valence-corrected chi connectivity index (χ4v) is 4.22. The van der Waals surface area contributed by atoms with Crippen molar-refractivity contribution in [2.75, 3.05) is 44.7 Å². The van der Waals surface area contributed by atoms with Gasteiger partial charge in [0.15, 0.2) is 0 Å². The van der Waals surface area contributed by atoms with Crippen LogP contribution in [0.2, 0.25) is 0 Å². The Morgan fingerprint density at radius 1 is 1.03 bits per heavy atom. The van der Waals surface area contributed by atoms with Gasteiger partial charge in [-0.1, -0.05) is 24.3 Å². The molecule has 2 aliphatic heterocycles. The molecule has 170 valence electrons. The van der Waals surface area contributed by atoms with Gasteiger partial charge in [0, 0.05) is 38.9 Å². The molecule has 0 radical (unpaired) electrons. The van der Waals surface area contributed by atoms with Crippen LogP contribution in [0.1, 0.15) is 22.7 Å². The summed E-state index contributed by atoms with van der Waals surface area (Å²) in [4.78, 5) is 34.7. The van der Waals surface area contributed by atoms with Gasteiger partial charge in [-0.15, -0.1) is 0 Å². The van der Waals surface area contributed by atoms with Crippen LogP contribution in [-0.2, 0) is 22.1 Å². The van der Waals surface area contributed by atoms with Crippen molar-refractivity contribution in [3.05, 3.63) is 59.3 Å². The summed E-state index contributed by atoms with van der Waals surface area (Å²) in [5, 5.41) is 0. The van der Waals surface area contributed by atoms with Crippen molar-refractivity contribution >= 4 is 17.8 Å². The van der Waals surface area contributed by atoms with Gasteiger partial charge < -0.3 is 14.5 Å². The molecule has 0 N–H and O–H groups in total. The van der Waals surface area contributed by atoms with Gasteiger partial charge in [-0.2, -0.15) is 13.2 Å². The zero-order chi connectivity index (χ0) is 22.9. The minimum atomic E-state index is -4.43. The van der Waals surface area contributed by atoms with E-state index in [4.69, 9.17) is 4.74 Å². The molecule has 10 heteroatoms. The molecule has 1 atom stereocenters. The van der Waals surface area contributed by atoms with Crippen LogP contribution >= 0.6 is 0 Å². The Labute approximate surface area is 183 Å². The highest BCUT2D eigenvalue weighted by molar-refractivity contribution is 5.88. The molecule has 4 rings (SSSR count). The van der Waals surface area contributed by atoms with Gasteiger partial charge in [0.25, 0.3) is 0 Å². The molecule has 1 aromatic heterocycles. The number of halogens is 3. The molecule has 0 saturated carbocycles. The lowest BCUT2D eigenvalue weighted by Crippen LogP contribution is -2.54. The molecule has 7 nitrogen and oxygen atoms in total. The second-order valence-corrected chi connectivity index (χ2v) is 7.73. The van der Waals surface area contributed by atoms with E-state index < -0.39 is 23.9 Å². The van der Waals surface area contributed by atoms with Crippen molar-refractivity contribution in [1.82, 2.24) is 14.8 Å². The van der Waals surface area contributed by atoms with E-state index in [1.165, 1.54) is 18.1 Å². The van der Waals surface area contributed by atoms with Crippen molar-refractivity contribution in [3.63, 3.8) is 0 Å². The molecule has 3 heterocycles. The number of carbonyl (C=O) groups excluding carboxylic acids is 2. The van der Waals surface area contributed by atoms with Crippen LogP contribution < -0.4 is 4.90 Å². The summed E-state index contributed by atoms with van der Waals surface area (Å²) >= 11 is 0. The normalized spacial score (nSPS) is 18.9. The summed E-state index contributed by atoms with van der Waals surface area (Å²) in [6.07, 6.45) is -3.52. The van der Waals surface area contributed by atoms with Crippen molar-refractivity contribution in [1.29, 1.82) is 0 Å². The number of alkyl halides is 3. The minimum absolute atomic E-state index is 0.192. The quantitative estimate of drug-likeness (QED) is 0.707. The van der Waals surface area contributed by atoms with Crippen LogP contribution in [-0.4, -0.2) is 66.6 Å². The highest BCUT2D eigenvalue weighted by Crippen LogP contribution is 2.33. The minimum Gasteiger partial charge on any atom is -0.453 e. The predicted molar refractivity (Wildman–Crippen MR) is 110 cm³/mol. The van der Waals surface area contributed by atoms with Gasteiger partial charge in [-0.05, 0) is 29.7 Å². The van der Waals surface area contributed by atoms with E-state index in [2.05, 4.69) is 4.98 Å². The maximum Gasteiger partial charge on any atom is 0.417 e. The average molecular weight is 448 g/mol. The van der Waals surface area contributed by atoms with E-state index >= 15 is 0 Å². The Balaban J connectivity index is 1.48. The molecule has 32 heavy (non-hydrogen) atoms.